The van der Waals surface area contributed by atoms with Crippen molar-refractivity contribution in [3.63, 3.8) is 0 Å². The molecule has 152 valence electrons. The number of ether oxygens (including phenoxy) is 2. The molecule has 8 heteroatoms. The van der Waals surface area contributed by atoms with Crippen LogP contribution in [0.15, 0.2) is 59.1 Å². The number of hydrogen-bond donors (Lipinski definition) is 0. The van der Waals surface area contributed by atoms with Crippen LogP contribution >= 0.6 is 11.6 Å². The van der Waals surface area contributed by atoms with Crippen LogP contribution in [-0.4, -0.2) is 26.5 Å². The zero-order valence-corrected chi connectivity index (χ0v) is 17.0. The molecule has 0 N–H and O–H groups in total. The second-order valence-electron chi connectivity index (χ2n) is 6.93. The molecule has 3 heterocycles. The van der Waals surface area contributed by atoms with Crippen molar-refractivity contribution >= 4 is 11.6 Å². The molecular formula is C22H19ClN4O3. The third kappa shape index (κ3) is 3.69. The van der Waals surface area contributed by atoms with Crippen molar-refractivity contribution < 1.29 is 14.0 Å². The van der Waals surface area contributed by atoms with Gasteiger partial charge in [-0.1, -0.05) is 28.9 Å². The molecule has 0 aliphatic carbocycles. The van der Waals surface area contributed by atoms with E-state index in [0.717, 1.165) is 22.6 Å². The summed E-state index contributed by atoms with van der Waals surface area (Å²) in [6.07, 6.45) is -0.0757. The third-order valence-corrected chi connectivity index (χ3v) is 5.20. The Hall–Kier alpha value is -3.16. The van der Waals surface area contributed by atoms with Crippen LogP contribution in [0.25, 0.3) is 23.0 Å². The van der Waals surface area contributed by atoms with E-state index in [1.807, 2.05) is 54.1 Å². The van der Waals surface area contributed by atoms with Gasteiger partial charge in [-0.2, -0.15) is 10.1 Å². The summed E-state index contributed by atoms with van der Waals surface area (Å²) in [7, 11) is 0. The molecule has 0 radical (unpaired) electrons. The molecular weight excluding hydrogens is 404 g/mol. The van der Waals surface area contributed by atoms with Gasteiger partial charge in [-0.05, 0) is 55.0 Å². The fourth-order valence-electron chi connectivity index (χ4n) is 3.42. The summed E-state index contributed by atoms with van der Waals surface area (Å²) < 4.78 is 18.9. The predicted molar refractivity (Wildman–Crippen MR) is 111 cm³/mol. The first-order chi connectivity index (χ1) is 14.7. The molecule has 5 rings (SSSR count). The van der Waals surface area contributed by atoms with Crippen LogP contribution in [0.1, 0.15) is 24.3 Å². The van der Waals surface area contributed by atoms with Gasteiger partial charge in [0.15, 0.2) is 5.69 Å². The number of rotatable bonds is 5. The first kappa shape index (κ1) is 18.8. The molecule has 4 aromatic rings. The Balaban J connectivity index is 1.34. The SMILES string of the molecule is CCOc1ccc([C@H]2Cn3nc(-c4nc(-c5ccc(Cl)cc5)no4)cc3CO2)cc1. The van der Waals surface area contributed by atoms with E-state index in [4.69, 9.17) is 25.6 Å². The van der Waals surface area contributed by atoms with Gasteiger partial charge in [-0.3, -0.25) is 4.68 Å². The van der Waals surface area contributed by atoms with E-state index in [0.29, 0.717) is 42.2 Å². The van der Waals surface area contributed by atoms with Gasteiger partial charge < -0.3 is 14.0 Å². The molecule has 1 atom stereocenters. The van der Waals surface area contributed by atoms with Crippen molar-refractivity contribution in [2.24, 2.45) is 0 Å². The minimum Gasteiger partial charge on any atom is -0.494 e. The minimum atomic E-state index is -0.0757. The molecule has 2 aromatic heterocycles. The Bertz CT molecular complexity index is 1150. The summed E-state index contributed by atoms with van der Waals surface area (Å²) in [5, 5.41) is 9.38. The minimum absolute atomic E-state index is 0.0757. The van der Waals surface area contributed by atoms with E-state index in [2.05, 4.69) is 15.2 Å². The Kier molecular flexibility index (Phi) is 4.98. The van der Waals surface area contributed by atoms with Gasteiger partial charge in [0, 0.05) is 10.6 Å². The lowest BCUT2D eigenvalue weighted by Gasteiger charge is -2.24. The van der Waals surface area contributed by atoms with Gasteiger partial charge in [0.2, 0.25) is 5.82 Å². The molecule has 0 amide bonds. The van der Waals surface area contributed by atoms with Crippen molar-refractivity contribution in [2.45, 2.75) is 26.2 Å². The topological polar surface area (TPSA) is 75.2 Å². The van der Waals surface area contributed by atoms with Crippen LogP contribution in [0.4, 0.5) is 0 Å². The summed E-state index contributed by atoms with van der Waals surface area (Å²) in [5.74, 6) is 1.72. The molecule has 0 saturated heterocycles. The first-order valence-corrected chi connectivity index (χ1v) is 10.1. The van der Waals surface area contributed by atoms with E-state index < -0.39 is 0 Å². The monoisotopic (exact) mass is 422 g/mol. The lowest BCUT2D eigenvalue weighted by molar-refractivity contribution is -0.00115. The molecule has 30 heavy (non-hydrogen) atoms. The molecule has 0 bridgehead atoms. The maximum atomic E-state index is 6.04. The first-order valence-electron chi connectivity index (χ1n) is 9.70. The van der Waals surface area contributed by atoms with Crippen LogP contribution in [-0.2, 0) is 17.9 Å². The largest absolute Gasteiger partial charge is 0.494 e. The average Bonchev–Trinajstić information content (AvgIpc) is 3.42. The summed E-state index contributed by atoms with van der Waals surface area (Å²) >= 11 is 5.94. The highest BCUT2D eigenvalue weighted by molar-refractivity contribution is 6.30. The summed E-state index contributed by atoms with van der Waals surface area (Å²) in [6.45, 7) is 3.69. The Morgan fingerprint density at radius 1 is 1.13 bits per heavy atom. The van der Waals surface area contributed by atoms with E-state index in [1.54, 1.807) is 12.1 Å². The Morgan fingerprint density at radius 3 is 2.70 bits per heavy atom. The van der Waals surface area contributed by atoms with Gasteiger partial charge in [-0.15, -0.1) is 0 Å². The summed E-state index contributed by atoms with van der Waals surface area (Å²) in [6, 6.07) is 17.2. The zero-order chi connectivity index (χ0) is 20.5. The van der Waals surface area contributed by atoms with E-state index in [9.17, 15) is 0 Å². The highest BCUT2D eigenvalue weighted by Gasteiger charge is 2.24. The standard InChI is InChI=1S/C22H19ClN4O3/c1-2-28-18-9-5-14(6-10-18)20-12-27-17(13-29-20)11-19(25-27)22-24-21(26-30-22)15-3-7-16(23)8-4-15/h3-11,20H,2,12-13H2,1H3/t20-/m1/s1. The molecule has 2 aromatic carbocycles. The van der Waals surface area contributed by atoms with Crippen molar-refractivity contribution in [3.8, 4) is 28.7 Å². The van der Waals surface area contributed by atoms with Crippen molar-refractivity contribution in [2.75, 3.05) is 6.61 Å². The van der Waals surface area contributed by atoms with Crippen LogP contribution in [0, 0.1) is 0 Å². The molecule has 0 fully saturated rings. The highest BCUT2D eigenvalue weighted by Crippen LogP contribution is 2.30. The van der Waals surface area contributed by atoms with E-state index in [-0.39, 0.29) is 6.10 Å². The number of fused-ring (bicyclic) bond motifs is 1. The van der Waals surface area contributed by atoms with Crippen LogP contribution in [0.5, 0.6) is 5.75 Å². The van der Waals surface area contributed by atoms with Crippen LogP contribution in [0.2, 0.25) is 5.02 Å². The quantitative estimate of drug-likeness (QED) is 0.454. The summed E-state index contributed by atoms with van der Waals surface area (Å²) in [5.41, 5.74) is 3.52. The number of benzene rings is 2. The molecule has 0 spiro atoms. The normalized spacial score (nSPS) is 15.7. The average molecular weight is 423 g/mol. The maximum absolute atomic E-state index is 6.04. The van der Waals surface area contributed by atoms with Gasteiger partial charge in [0.1, 0.15) is 11.9 Å². The van der Waals surface area contributed by atoms with Gasteiger partial charge >= 0.3 is 0 Å². The Morgan fingerprint density at radius 2 is 1.93 bits per heavy atom. The molecule has 0 saturated carbocycles. The molecule has 0 unspecified atom stereocenters. The number of halogens is 1. The number of aromatic nitrogens is 4. The lowest BCUT2D eigenvalue weighted by Crippen LogP contribution is -2.21. The lowest BCUT2D eigenvalue weighted by atomic mass is 10.1. The van der Waals surface area contributed by atoms with Crippen LogP contribution in [0.3, 0.4) is 0 Å². The molecule has 7 nitrogen and oxygen atoms in total. The maximum Gasteiger partial charge on any atom is 0.278 e. The number of nitrogens with zero attached hydrogens (tertiary/aromatic N) is 4. The van der Waals surface area contributed by atoms with Gasteiger partial charge in [0.05, 0.1) is 25.5 Å². The van der Waals surface area contributed by atoms with Crippen molar-refractivity contribution in [3.05, 3.63) is 70.9 Å². The van der Waals surface area contributed by atoms with Gasteiger partial charge in [0.25, 0.3) is 5.89 Å². The second-order valence-corrected chi connectivity index (χ2v) is 7.37. The molecule has 1 aliphatic heterocycles. The zero-order valence-electron chi connectivity index (χ0n) is 16.3. The van der Waals surface area contributed by atoms with Gasteiger partial charge in [-0.25, -0.2) is 0 Å². The third-order valence-electron chi connectivity index (χ3n) is 4.94. The fraction of sp³-hybridized carbons (Fsp3) is 0.227. The van der Waals surface area contributed by atoms with E-state index in [1.165, 1.54) is 0 Å². The number of hydrogen-bond acceptors (Lipinski definition) is 6. The molecule has 1 aliphatic rings. The van der Waals surface area contributed by atoms with Crippen LogP contribution < -0.4 is 4.74 Å². The smallest absolute Gasteiger partial charge is 0.278 e. The van der Waals surface area contributed by atoms with E-state index >= 15 is 0 Å². The fourth-order valence-corrected chi connectivity index (χ4v) is 3.55. The second kappa shape index (κ2) is 7.93. The van der Waals surface area contributed by atoms with Crippen molar-refractivity contribution in [1.82, 2.24) is 19.9 Å². The Labute approximate surface area is 178 Å². The summed E-state index contributed by atoms with van der Waals surface area (Å²) in [4.78, 5) is 4.48. The van der Waals surface area contributed by atoms with Crippen molar-refractivity contribution in [1.29, 1.82) is 0 Å². The highest BCUT2D eigenvalue weighted by atomic mass is 35.5. The predicted octanol–water partition coefficient (Wildman–Crippen LogP) is 4.92.